The summed E-state index contributed by atoms with van der Waals surface area (Å²) in [5.74, 6) is -0.612. The number of nitrogens with one attached hydrogen (secondary N) is 1. The van der Waals surface area contributed by atoms with Crippen molar-refractivity contribution in [3.05, 3.63) is 36.5 Å². The molecule has 0 aromatic carbocycles. The first kappa shape index (κ1) is 74.4. The standard InChI is InChI=1S/C68H129NO9/c1-3-5-7-9-11-13-15-17-19-20-21-22-23-24-25-26-27-28-29-30-31-32-33-34-35-36-37-38-39-40-41-43-45-47-49-51-53-55-57-62(72)67(76)69-60(59-77-68-66(75)65(74)64(73)63(58-70)78-68)61(71)56-54-52-50-48-46-44-42-18-16-14-12-10-8-6-4-2/h27-28,30-31,54,56,60-66,68,70-75H,3-26,29,32-53,55,57-59H2,1-2H3,(H,69,76)/b28-27-,31-30-,56-54+. The van der Waals surface area contributed by atoms with E-state index in [1.165, 1.54) is 257 Å². The van der Waals surface area contributed by atoms with Crippen molar-refractivity contribution in [2.45, 2.75) is 377 Å². The Morgan fingerprint density at radius 1 is 0.449 bits per heavy atom. The molecule has 8 unspecified atom stereocenters. The second-order valence-corrected chi connectivity index (χ2v) is 23.8. The molecule has 0 aromatic rings. The summed E-state index contributed by atoms with van der Waals surface area (Å²) in [6, 6.07) is -0.980. The third kappa shape index (κ3) is 45.0. The highest BCUT2D eigenvalue weighted by Gasteiger charge is 2.44. The second-order valence-electron chi connectivity index (χ2n) is 23.8. The van der Waals surface area contributed by atoms with Crippen LogP contribution >= 0.6 is 0 Å². The number of hydrogen-bond acceptors (Lipinski definition) is 9. The molecule has 0 aliphatic carbocycles. The van der Waals surface area contributed by atoms with E-state index in [1.807, 2.05) is 6.08 Å². The van der Waals surface area contributed by atoms with Crippen LogP contribution < -0.4 is 5.32 Å². The van der Waals surface area contributed by atoms with Crippen molar-refractivity contribution < 1.29 is 44.9 Å². The van der Waals surface area contributed by atoms with Crippen LogP contribution in [0.25, 0.3) is 0 Å². The van der Waals surface area contributed by atoms with E-state index in [9.17, 15) is 35.4 Å². The predicted molar refractivity (Wildman–Crippen MR) is 329 cm³/mol. The normalized spacial score (nSPS) is 19.2. The Labute approximate surface area is 481 Å². The Morgan fingerprint density at radius 3 is 1.14 bits per heavy atom. The molecule has 0 aromatic heterocycles. The van der Waals surface area contributed by atoms with Gasteiger partial charge in [-0.1, -0.05) is 314 Å². The minimum Gasteiger partial charge on any atom is -0.394 e. The summed E-state index contributed by atoms with van der Waals surface area (Å²) < 4.78 is 11.2. The molecule has 0 spiro atoms. The topological polar surface area (TPSA) is 169 Å². The third-order valence-electron chi connectivity index (χ3n) is 16.3. The van der Waals surface area contributed by atoms with Gasteiger partial charge >= 0.3 is 0 Å². The van der Waals surface area contributed by atoms with Gasteiger partial charge in [-0.3, -0.25) is 4.79 Å². The first-order valence-electron chi connectivity index (χ1n) is 33.8. The van der Waals surface area contributed by atoms with Gasteiger partial charge in [0.05, 0.1) is 25.4 Å². The Morgan fingerprint density at radius 2 is 0.782 bits per heavy atom. The largest absolute Gasteiger partial charge is 0.394 e. The molecule has 1 saturated heterocycles. The number of hydrogen-bond donors (Lipinski definition) is 7. The number of aliphatic hydroxyl groups is 6. The molecule has 0 saturated carbocycles. The molecule has 460 valence electrons. The number of ether oxygens (including phenoxy) is 2. The summed E-state index contributed by atoms with van der Waals surface area (Å²) in [5.41, 5.74) is 0. The van der Waals surface area contributed by atoms with Crippen LogP contribution in [0.4, 0.5) is 0 Å². The number of aliphatic hydroxyl groups excluding tert-OH is 6. The fourth-order valence-corrected chi connectivity index (χ4v) is 10.9. The Bertz CT molecular complexity index is 1340. The number of rotatable bonds is 59. The Hall–Kier alpha value is -1.63. The second kappa shape index (κ2) is 57.2. The number of carbonyl (C=O) groups is 1. The average molecular weight is 1100 g/mol. The van der Waals surface area contributed by atoms with Crippen molar-refractivity contribution >= 4 is 5.91 Å². The highest BCUT2D eigenvalue weighted by atomic mass is 16.7. The Kier molecular flexibility index (Phi) is 54.5. The minimum atomic E-state index is -1.61. The maximum Gasteiger partial charge on any atom is 0.249 e. The maximum absolute atomic E-state index is 13.2. The van der Waals surface area contributed by atoms with Gasteiger partial charge in [0.2, 0.25) is 5.91 Å². The average Bonchev–Trinajstić information content (AvgIpc) is 3.44. The van der Waals surface area contributed by atoms with Gasteiger partial charge in [0.15, 0.2) is 6.29 Å². The maximum atomic E-state index is 13.2. The molecule has 10 nitrogen and oxygen atoms in total. The van der Waals surface area contributed by atoms with Gasteiger partial charge in [-0.05, 0) is 51.4 Å². The lowest BCUT2D eigenvalue weighted by Gasteiger charge is -2.40. The number of allylic oxidation sites excluding steroid dienone is 5. The van der Waals surface area contributed by atoms with Crippen LogP contribution in [0.5, 0.6) is 0 Å². The zero-order valence-corrected chi connectivity index (χ0v) is 51.1. The molecule has 1 aliphatic rings. The van der Waals surface area contributed by atoms with Crippen LogP contribution in [-0.4, -0.2) is 98.7 Å². The summed E-state index contributed by atoms with van der Waals surface area (Å²) in [7, 11) is 0. The molecule has 1 rings (SSSR count). The molecular formula is C68H129NO9. The molecule has 0 bridgehead atoms. The summed E-state index contributed by atoms with van der Waals surface area (Å²) in [4.78, 5) is 13.2. The summed E-state index contributed by atoms with van der Waals surface area (Å²) >= 11 is 0. The summed E-state index contributed by atoms with van der Waals surface area (Å²) in [5, 5.41) is 65.1. The van der Waals surface area contributed by atoms with Gasteiger partial charge in [-0.25, -0.2) is 0 Å². The fraction of sp³-hybridized carbons (Fsp3) is 0.897. The SMILES string of the molecule is CCCCCCCCCCCCCCC/C=C/C(O)C(COC1OC(CO)C(O)C(O)C1O)NC(=O)C(O)CCCCCCCCCCCCCCCCCC/C=C\C/C=C\CCCCCCCCCCCCCCCCC. The van der Waals surface area contributed by atoms with E-state index in [1.54, 1.807) is 6.08 Å². The lowest BCUT2D eigenvalue weighted by atomic mass is 9.99. The highest BCUT2D eigenvalue weighted by molar-refractivity contribution is 5.80. The molecule has 7 N–H and O–H groups in total. The lowest BCUT2D eigenvalue weighted by Crippen LogP contribution is -2.60. The van der Waals surface area contributed by atoms with Crippen molar-refractivity contribution in [1.29, 1.82) is 0 Å². The summed E-state index contributed by atoms with van der Waals surface area (Å²) in [6.07, 6.45) is 65.8. The molecule has 8 atom stereocenters. The fourth-order valence-electron chi connectivity index (χ4n) is 10.9. The first-order chi connectivity index (χ1) is 38.3. The van der Waals surface area contributed by atoms with Crippen LogP contribution in [0.2, 0.25) is 0 Å². The van der Waals surface area contributed by atoms with Gasteiger partial charge in [0.1, 0.15) is 30.5 Å². The van der Waals surface area contributed by atoms with E-state index >= 15 is 0 Å². The van der Waals surface area contributed by atoms with E-state index < -0.39 is 61.5 Å². The van der Waals surface area contributed by atoms with Crippen LogP contribution in [0.3, 0.4) is 0 Å². The molecule has 1 fully saturated rings. The van der Waals surface area contributed by atoms with Crippen molar-refractivity contribution in [2.24, 2.45) is 0 Å². The molecule has 1 aliphatic heterocycles. The summed E-state index contributed by atoms with van der Waals surface area (Å²) in [6.45, 7) is 3.65. The molecule has 10 heteroatoms. The lowest BCUT2D eigenvalue weighted by molar-refractivity contribution is -0.302. The smallest absolute Gasteiger partial charge is 0.249 e. The van der Waals surface area contributed by atoms with Gasteiger partial charge in [-0.15, -0.1) is 0 Å². The van der Waals surface area contributed by atoms with Crippen molar-refractivity contribution in [2.75, 3.05) is 13.2 Å². The molecule has 1 heterocycles. The van der Waals surface area contributed by atoms with Crippen molar-refractivity contribution in [3.63, 3.8) is 0 Å². The zero-order chi connectivity index (χ0) is 56.6. The van der Waals surface area contributed by atoms with Gasteiger partial charge in [0.25, 0.3) is 0 Å². The van der Waals surface area contributed by atoms with Crippen molar-refractivity contribution in [3.8, 4) is 0 Å². The molecule has 1 amide bonds. The van der Waals surface area contributed by atoms with Crippen molar-refractivity contribution in [1.82, 2.24) is 5.32 Å². The first-order valence-corrected chi connectivity index (χ1v) is 33.8. The quantitative estimate of drug-likeness (QED) is 0.0232. The van der Waals surface area contributed by atoms with Gasteiger partial charge in [0, 0.05) is 0 Å². The van der Waals surface area contributed by atoms with Crippen LogP contribution in [0.1, 0.15) is 328 Å². The highest BCUT2D eigenvalue weighted by Crippen LogP contribution is 2.23. The van der Waals surface area contributed by atoms with E-state index in [0.717, 1.165) is 51.4 Å². The Balaban J connectivity index is 2.09. The number of amides is 1. The monoisotopic (exact) mass is 1100 g/mol. The number of carbonyl (C=O) groups excluding carboxylic acids is 1. The van der Waals surface area contributed by atoms with E-state index in [2.05, 4.69) is 43.5 Å². The number of unbranched alkanes of at least 4 members (excludes halogenated alkanes) is 44. The zero-order valence-electron chi connectivity index (χ0n) is 51.1. The van der Waals surface area contributed by atoms with Gasteiger partial charge in [-0.2, -0.15) is 0 Å². The predicted octanol–water partition coefficient (Wildman–Crippen LogP) is 16.8. The van der Waals surface area contributed by atoms with Gasteiger partial charge < -0.3 is 45.4 Å². The molecule has 0 radical (unpaired) electrons. The third-order valence-corrected chi connectivity index (χ3v) is 16.3. The van der Waals surface area contributed by atoms with Crippen LogP contribution in [0.15, 0.2) is 36.5 Å². The van der Waals surface area contributed by atoms with E-state index in [0.29, 0.717) is 6.42 Å². The van der Waals surface area contributed by atoms with Crippen LogP contribution in [-0.2, 0) is 14.3 Å². The molecule has 78 heavy (non-hydrogen) atoms. The van der Waals surface area contributed by atoms with Crippen LogP contribution in [0, 0.1) is 0 Å². The molecular weight excluding hydrogens is 975 g/mol. The minimum absolute atomic E-state index is 0.303. The van der Waals surface area contributed by atoms with E-state index in [4.69, 9.17) is 9.47 Å². The van der Waals surface area contributed by atoms with E-state index in [-0.39, 0.29) is 6.61 Å².